The summed E-state index contributed by atoms with van der Waals surface area (Å²) in [5.41, 5.74) is 4.55. The fourth-order valence-corrected chi connectivity index (χ4v) is 4.69. The van der Waals surface area contributed by atoms with Crippen molar-refractivity contribution in [3.63, 3.8) is 0 Å². The third kappa shape index (κ3) is 4.64. The molecule has 0 radical (unpaired) electrons. The van der Waals surface area contributed by atoms with Crippen LogP contribution in [0.1, 0.15) is 23.5 Å². The lowest BCUT2D eigenvalue weighted by Gasteiger charge is -2.29. The maximum Gasteiger partial charge on any atom is 0.250 e. The molecule has 0 aliphatic carbocycles. The van der Waals surface area contributed by atoms with Gasteiger partial charge in [0.25, 0.3) is 0 Å². The zero-order valence-electron chi connectivity index (χ0n) is 19.0. The Balaban J connectivity index is 1.55. The quantitative estimate of drug-likeness (QED) is 0.383. The van der Waals surface area contributed by atoms with Gasteiger partial charge in [-0.2, -0.15) is 0 Å². The van der Waals surface area contributed by atoms with Crippen LogP contribution < -0.4 is 15.5 Å². The Kier molecular flexibility index (Phi) is 6.51. The first-order valence-electron chi connectivity index (χ1n) is 11.1. The van der Waals surface area contributed by atoms with E-state index in [4.69, 9.17) is 17.0 Å². The molecule has 9 heteroatoms. The second-order valence-electron chi connectivity index (χ2n) is 8.03. The third-order valence-electron chi connectivity index (χ3n) is 5.83. The molecule has 4 heterocycles. The van der Waals surface area contributed by atoms with E-state index in [1.54, 1.807) is 18.6 Å². The van der Waals surface area contributed by atoms with Crippen LogP contribution >= 0.6 is 12.2 Å². The number of nitrogens with one attached hydrogen (secondary N) is 2. The Morgan fingerprint density at radius 3 is 2.54 bits per heavy atom. The van der Waals surface area contributed by atoms with Crippen LogP contribution in [0.25, 0.3) is 5.69 Å². The van der Waals surface area contributed by atoms with Gasteiger partial charge >= 0.3 is 0 Å². The van der Waals surface area contributed by atoms with Gasteiger partial charge in [-0.1, -0.05) is 6.07 Å². The monoisotopic (exact) mass is 484 g/mol. The summed E-state index contributed by atoms with van der Waals surface area (Å²) < 4.78 is 7.04. The lowest BCUT2D eigenvalue weighted by molar-refractivity contribution is -0.119. The molecule has 1 saturated heterocycles. The largest absolute Gasteiger partial charge is 0.375 e. The first kappa shape index (κ1) is 22.7. The molecule has 3 aromatic heterocycles. The van der Waals surface area contributed by atoms with Crippen molar-refractivity contribution in [1.82, 2.24) is 19.9 Å². The minimum Gasteiger partial charge on any atom is -0.375 e. The summed E-state index contributed by atoms with van der Waals surface area (Å²) in [4.78, 5) is 22.8. The number of amides is 1. The van der Waals surface area contributed by atoms with Crippen LogP contribution in [0.5, 0.6) is 0 Å². The van der Waals surface area contributed by atoms with Crippen molar-refractivity contribution in [2.45, 2.75) is 12.1 Å². The molecule has 2 N–H and O–H groups in total. The van der Waals surface area contributed by atoms with E-state index in [2.05, 4.69) is 36.1 Å². The van der Waals surface area contributed by atoms with Crippen molar-refractivity contribution in [3.05, 3.63) is 103 Å². The molecule has 2 atom stereocenters. The predicted octanol–water partition coefficient (Wildman–Crippen LogP) is 4.03. The standard InChI is InChI=1S/C26H24N6O2S/c1-34-17-23(33)29-18-7-9-20(10-8-18)32-25(24(30-26(32)35)21-5-2-3-13-28-21)22-6-4-16-31(22)19-11-14-27-15-12-19/h2-16,24-25H,17H2,1H3,(H,29,33)(H,30,35)/t24-,25-/m1/s1. The highest BCUT2D eigenvalue weighted by molar-refractivity contribution is 7.80. The smallest absolute Gasteiger partial charge is 0.250 e. The van der Waals surface area contributed by atoms with Crippen molar-refractivity contribution in [3.8, 4) is 5.69 Å². The molecule has 8 nitrogen and oxygen atoms in total. The molecule has 1 amide bonds. The second-order valence-corrected chi connectivity index (χ2v) is 8.42. The van der Waals surface area contributed by atoms with Gasteiger partial charge in [-0.25, -0.2) is 0 Å². The van der Waals surface area contributed by atoms with E-state index in [1.165, 1.54) is 7.11 Å². The van der Waals surface area contributed by atoms with Gasteiger partial charge in [0, 0.05) is 54.7 Å². The number of pyridine rings is 2. The van der Waals surface area contributed by atoms with Gasteiger partial charge in [-0.05, 0) is 72.9 Å². The van der Waals surface area contributed by atoms with E-state index in [-0.39, 0.29) is 24.6 Å². The number of thiocarbonyl (C=S) groups is 1. The Morgan fingerprint density at radius 1 is 1.03 bits per heavy atom. The van der Waals surface area contributed by atoms with Gasteiger partial charge in [0.15, 0.2) is 5.11 Å². The van der Waals surface area contributed by atoms with Crippen molar-refractivity contribution in [2.75, 3.05) is 23.9 Å². The fraction of sp³-hybridized carbons (Fsp3) is 0.154. The van der Waals surface area contributed by atoms with Crippen molar-refractivity contribution < 1.29 is 9.53 Å². The Bertz CT molecular complexity index is 1310. The molecule has 35 heavy (non-hydrogen) atoms. The lowest BCUT2D eigenvalue weighted by atomic mass is 10.0. The van der Waals surface area contributed by atoms with E-state index in [0.717, 1.165) is 22.8 Å². The van der Waals surface area contributed by atoms with Crippen LogP contribution in [0.2, 0.25) is 0 Å². The highest BCUT2D eigenvalue weighted by Crippen LogP contribution is 2.42. The van der Waals surface area contributed by atoms with Crippen LogP contribution in [-0.4, -0.2) is 39.3 Å². The molecule has 0 spiro atoms. The topological polar surface area (TPSA) is 84.3 Å². The summed E-state index contributed by atoms with van der Waals surface area (Å²) in [5.74, 6) is -0.207. The minimum absolute atomic E-state index is 0.00169. The normalized spacial score (nSPS) is 17.3. The lowest BCUT2D eigenvalue weighted by Crippen LogP contribution is -2.30. The number of aromatic nitrogens is 3. The molecule has 0 saturated carbocycles. The molecule has 1 aliphatic heterocycles. The average Bonchev–Trinajstić information content (AvgIpc) is 3.50. The van der Waals surface area contributed by atoms with Crippen molar-refractivity contribution >= 4 is 34.6 Å². The number of methoxy groups -OCH3 is 1. The van der Waals surface area contributed by atoms with Gasteiger partial charge in [0.05, 0.1) is 11.7 Å². The summed E-state index contributed by atoms with van der Waals surface area (Å²) >= 11 is 5.83. The van der Waals surface area contributed by atoms with E-state index in [1.807, 2.05) is 66.9 Å². The summed E-state index contributed by atoms with van der Waals surface area (Å²) in [7, 11) is 1.49. The van der Waals surface area contributed by atoms with Gasteiger partial charge in [-0.15, -0.1) is 0 Å². The second kappa shape index (κ2) is 10.0. The van der Waals surface area contributed by atoms with E-state index in [0.29, 0.717) is 10.8 Å². The number of nitrogens with zero attached hydrogens (tertiary/aromatic N) is 4. The third-order valence-corrected chi connectivity index (χ3v) is 6.14. The van der Waals surface area contributed by atoms with Crippen molar-refractivity contribution in [1.29, 1.82) is 0 Å². The molecular weight excluding hydrogens is 460 g/mol. The number of rotatable bonds is 7. The van der Waals surface area contributed by atoms with E-state index >= 15 is 0 Å². The number of carbonyl (C=O) groups is 1. The fourth-order valence-electron chi connectivity index (χ4n) is 4.34. The highest BCUT2D eigenvalue weighted by atomic mass is 32.1. The van der Waals surface area contributed by atoms with Gasteiger partial charge < -0.3 is 24.8 Å². The molecule has 1 aliphatic rings. The number of anilines is 2. The number of carbonyl (C=O) groups excluding carboxylic acids is 1. The minimum atomic E-state index is -0.207. The predicted molar refractivity (Wildman–Crippen MR) is 138 cm³/mol. The van der Waals surface area contributed by atoms with Crippen LogP contribution in [0.3, 0.4) is 0 Å². The Labute approximate surface area is 208 Å². The SMILES string of the molecule is COCC(=O)Nc1ccc(N2C(=S)N[C@H](c3ccccn3)[C@H]2c2cccn2-c2ccncc2)cc1. The number of hydrogen-bond acceptors (Lipinski definition) is 5. The molecule has 4 aromatic rings. The average molecular weight is 485 g/mol. The summed E-state index contributed by atoms with van der Waals surface area (Å²) in [6.07, 6.45) is 7.38. The van der Waals surface area contributed by atoms with Crippen LogP contribution in [0.15, 0.2) is 91.5 Å². The molecular formula is C26H24N6O2S. The zero-order valence-corrected chi connectivity index (χ0v) is 19.9. The van der Waals surface area contributed by atoms with E-state index < -0.39 is 0 Å². The summed E-state index contributed by atoms with van der Waals surface area (Å²) in [6.45, 7) is 0.00169. The number of benzene rings is 1. The molecule has 1 fully saturated rings. The van der Waals surface area contributed by atoms with Crippen LogP contribution in [-0.2, 0) is 9.53 Å². The van der Waals surface area contributed by atoms with E-state index in [9.17, 15) is 4.79 Å². The van der Waals surface area contributed by atoms with Gasteiger partial charge in [0.1, 0.15) is 12.6 Å². The van der Waals surface area contributed by atoms with Gasteiger partial charge in [0.2, 0.25) is 5.91 Å². The number of ether oxygens (including phenoxy) is 1. The molecule has 176 valence electrons. The molecule has 0 unspecified atom stereocenters. The maximum atomic E-state index is 11.9. The zero-order chi connectivity index (χ0) is 24.2. The Morgan fingerprint density at radius 2 is 1.83 bits per heavy atom. The molecule has 1 aromatic carbocycles. The molecule has 0 bridgehead atoms. The number of hydrogen-bond donors (Lipinski definition) is 2. The summed E-state index contributed by atoms with van der Waals surface area (Å²) in [6, 6.07) is 21.2. The van der Waals surface area contributed by atoms with Crippen molar-refractivity contribution in [2.24, 2.45) is 0 Å². The summed E-state index contributed by atoms with van der Waals surface area (Å²) in [5, 5.41) is 6.91. The first-order chi connectivity index (χ1) is 17.2. The van der Waals surface area contributed by atoms with Crippen LogP contribution in [0, 0.1) is 0 Å². The van der Waals surface area contributed by atoms with Gasteiger partial charge in [-0.3, -0.25) is 14.8 Å². The maximum absolute atomic E-state index is 11.9. The van der Waals surface area contributed by atoms with Crippen LogP contribution in [0.4, 0.5) is 11.4 Å². The molecule has 5 rings (SSSR count). The highest BCUT2D eigenvalue weighted by Gasteiger charge is 2.42. The first-order valence-corrected chi connectivity index (χ1v) is 11.5. The Hall–Kier alpha value is -4.08.